The van der Waals surface area contributed by atoms with Gasteiger partial charge in [0.2, 0.25) is 0 Å². The zero-order chi connectivity index (χ0) is 22.6. The minimum Gasteiger partial charge on any atom is -0.496 e. The first-order valence-corrected chi connectivity index (χ1v) is 10.9. The number of hydrogen-bond acceptors (Lipinski definition) is 6. The van der Waals surface area contributed by atoms with Crippen LogP contribution in [0.4, 0.5) is 0 Å². The molecule has 2 heterocycles. The number of ether oxygens (including phenoxy) is 3. The highest BCUT2D eigenvalue weighted by Gasteiger charge is 2.40. The first kappa shape index (κ1) is 23.4. The number of nitrogens with zero attached hydrogens (tertiary/aromatic N) is 2. The zero-order valence-corrected chi connectivity index (χ0v) is 20.0. The molecule has 0 unspecified atom stereocenters. The van der Waals surface area contributed by atoms with E-state index in [0.29, 0.717) is 17.5 Å². The smallest absolute Gasteiger partial charge is 0.164 e. The number of nitrogens with one attached hydrogen (secondary N) is 1. The molecule has 1 aromatic heterocycles. The molecule has 1 aromatic carbocycles. The molecule has 0 spiro atoms. The lowest BCUT2D eigenvalue weighted by atomic mass is 9.78. The summed E-state index contributed by atoms with van der Waals surface area (Å²) in [6.45, 7) is 10.7. The van der Waals surface area contributed by atoms with Gasteiger partial charge >= 0.3 is 0 Å². The van der Waals surface area contributed by atoms with Crippen LogP contribution in [0.3, 0.4) is 0 Å². The second-order valence-electron chi connectivity index (χ2n) is 9.74. The van der Waals surface area contributed by atoms with Crippen LogP contribution in [0.1, 0.15) is 51.7 Å². The van der Waals surface area contributed by atoms with Crippen LogP contribution in [0, 0.1) is 0 Å². The van der Waals surface area contributed by atoms with Gasteiger partial charge in [0.05, 0.1) is 21.3 Å². The number of aromatic nitrogens is 1. The number of hydrogen-bond donors (Lipinski definition) is 1. The molecule has 0 saturated carbocycles. The summed E-state index contributed by atoms with van der Waals surface area (Å²) in [4.78, 5) is 6.88. The number of methoxy groups -OCH3 is 3. The van der Waals surface area contributed by atoms with Crippen LogP contribution in [-0.4, -0.2) is 48.3 Å². The Morgan fingerprint density at radius 1 is 0.935 bits per heavy atom. The van der Waals surface area contributed by atoms with E-state index in [4.69, 9.17) is 14.2 Å². The molecule has 0 radical (unpaired) electrons. The van der Waals surface area contributed by atoms with E-state index in [2.05, 4.69) is 49.0 Å². The lowest BCUT2D eigenvalue weighted by Crippen LogP contribution is -2.62. The molecular formula is C25H37N3O3. The highest BCUT2D eigenvalue weighted by molar-refractivity contribution is 5.50. The fourth-order valence-electron chi connectivity index (χ4n) is 5.00. The van der Waals surface area contributed by atoms with Gasteiger partial charge in [0.25, 0.3) is 0 Å². The van der Waals surface area contributed by atoms with Crippen LogP contribution in [0.2, 0.25) is 0 Å². The molecule has 0 amide bonds. The van der Waals surface area contributed by atoms with Crippen LogP contribution in [0.25, 0.3) is 0 Å². The van der Waals surface area contributed by atoms with Gasteiger partial charge in [-0.2, -0.15) is 0 Å². The third kappa shape index (κ3) is 5.89. The highest BCUT2D eigenvalue weighted by Crippen LogP contribution is 2.38. The molecule has 1 saturated heterocycles. The molecule has 1 fully saturated rings. The van der Waals surface area contributed by atoms with Crippen molar-refractivity contribution in [1.82, 2.24) is 15.2 Å². The number of piperidine rings is 1. The Hall–Kier alpha value is -2.31. The molecule has 1 aliphatic rings. The molecular weight excluding hydrogens is 390 g/mol. The average Bonchev–Trinajstić information content (AvgIpc) is 2.71. The molecule has 0 aliphatic carbocycles. The predicted octanol–water partition coefficient (Wildman–Crippen LogP) is 4.42. The van der Waals surface area contributed by atoms with E-state index in [1.54, 1.807) is 21.3 Å². The van der Waals surface area contributed by atoms with Crippen molar-refractivity contribution < 1.29 is 14.2 Å². The van der Waals surface area contributed by atoms with Gasteiger partial charge < -0.3 is 19.5 Å². The van der Waals surface area contributed by atoms with E-state index in [0.717, 1.165) is 37.2 Å². The maximum atomic E-state index is 5.72. The van der Waals surface area contributed by atoms with Crippen molar-refractivity contribution >= 4 is 0 Å². The van der Waals surface area contributed by atoms with E-state index in [1.165, 1.54) is 5.56 Å². The molecule has 2 aromatic rings. The predicted molar refractivity (Wildman–Crippen MR) is 124 cm³/mol. The van der Waals surface area contributed by atoms with E-state index < -0.39 is 0 Å². The summed E-state index contributed by atoms with van der Waals surface area (Å²) in [5.41, 5.74) is 2.40. The van der Waals surface area contributed by atoms with Gasteiger partial charge in [0.15, 0.2) is 11.5 Å². The molecule has 31 heavy (non-hydrogen) atoms. The standard InChI is InChI=1S/C25H37N3O3/c1-24(2)13-20(14-25(3,4)27-24)28(16-18-9-8-10-26-15-18)17-19-11-22(30-6)23(31-7)12-21(19)29-5/h8-12,15,20,27H,13-14,16-17H2,1-7H3. The fraction of sp³-hybridized carbons (Fsp3) is 0.560. The Balaban J connectivity index is 1.97. The van der Waals surface area contributed by atoms with Crippen molar-refractivity contribution in [3.05, 3.63) is 47.8 Å². The van der Waals surface area contributed by atoms with Gasteiger partial charge in [0.1, 0.15) is 5.75 Å². The van der Waals surface area contributed by atoms with E-state index in [9.17, 15) is 0 Å². The van der Waals surface area contributed by atoms with Gasteiger partial charge in [-0.15, -0.1) is 0 Å². The van der Waals surface area contributed by atoms with E-state index >= 15 is 0 Å². The topological polar surface area (TPSA) is 55.9 Å². The Morgan fingerprint density at radius 3 is 2.10 bits per heavy atom. The SMILES string of the molecule is COc1cc(OC)c(OC)cc1CN(Cc1cccnc1)C1CC(C)(C)NC(C)(C)C1. The first-order valence-electron chi connectivity index (χ1n) is 10.9. The molecule has 0 bridgehead atoms. The molecule has 6 nitrogen and oxygen atoms in total. The summed E-state index contributed by atoms with van der Waals surface area (Å²) in [5, 5.41) is 3.80. The van der Waals surface area contributed by atoms with Crippen LogP contribution in [0.5, 0.6) is 17.2 Å². The summed E-state index contributed by atoms with van der Waals surface area (Å²) in [5.74, 6) is 2.19. The van der Waals surface area contributed by atoms with Crippen molar-refractivity contribution in [2.24, 2.45) is 0 Å². The van der Waals surface area contributed by atoms with Gasteiger partial charge in [-0.1, -0.05) is 6.07 Å². The van der Waals surface area contributed by atoms with Crippen molar-refractivity contribution in [2.45, 2.75) is 70.7 Å². The summed E-state index contributed by atoms with van der Waals surface area (Å²) in [6, 6.07) is 8.49. The minimum absolute atomic E-state index is 0.0568. The van der Waals surface area contributed by atoms with Crippen LogP contribution >= 0.6 is 0 Å². The summed E-state index contributed by atoms with van der Waals surface area (Å²) in [6.07, 6.45) is 5.90. The Labute approximate surface area is 186 Å². The van der Waals surface area contributed by atoms with Gasteiger partial charge in [-0.05, 0) is 58.2 Å². The summed E-state index contributed by atoms with van der Waals surface area (Å²) in [7, 11) is 5.01. The zero-order valence-electron chi connectivity index (χ0n) is 20.0. The van der Waals surface area contributed by atoms with Crippen LogP contribution in [0.15, 0.2) is 36.7 Å². The Kier molecular flexibility index (Phi) is 7.12. The third-order valence-electron chi connectivity index (χ3n) is 5.95. The molecule has 1 N–H and O–H groups in total. The third-order valence-corrected chi connectivity index (χ3v) is 5.95. The number of benzene rings is 1. The molecule has 0 atom stereocenters. The quantitative estimate of drug-likeness (QED) is 0.673. The van der Waals surface area contributed by atoms with Crippen molar-refractivity contribution in [3.63, 3.8) is 0 Å². The second-order valence-corrected chi connectivity index (χ2v) is 9.74. The van der Waals surface area contributed by atoms with Crippen molar-refractivity contribution in [2.75, 3.05) is 21.3 Å². The fourth-order valence-corrected chi connectivity index (χ4v) is 5.00. The number of pyridine rings is 1. The second kappa shape index (κ2) is 9.45. The number of rotatable bonds is 8. The first-order chi connectivity index (χ1) is 14.7. The van der Waals surface area contributed by atoms with Crippen LogP contribution in [-0.2, 0) is 13.1 Å². The minimum atomic E-state index is 0.0568. The largest absolute Gasteiger partial charge is 0.496 e. The van der Waals surface area contributed by atoms with Gasteiger partial charge in [0, 0.05) is 54.2 Å². The van der Waals surface area contributed by atoms with E-state index in [1.807, 2.05) is 30.6 Å². The monoisotopic (exact) mass is 427 g/mol. The molecule has 170 valence electrons. The lowest BCUT2D eigenvalue weighted by molar-refractivity contribution is 0.0558. The lowest BCUT2D eigenvalue weighted by Gasteiger charge is -2.49. The Bertz CT molecular complexity index is 852. The van der Waals surface area contributed by atoms with E-state index in [-0.39, 0.29) is 11.1 Å². The summed E-state index contributed by atoms with van der Waals surface area (Å²) < 4.78 is 16.8. The van der Waals surface area contributed by atoms with Gasteiger partial charge in [-0.3, -0.25) is 9.88 Å². The van der Waals surface area contributed by atoms with Crippen molar-refractivity contribution in [3.8, 4) is 17.2 Å². The summed E-state index contributed by atoms with van der Waals surface area (Å²) >= 11 is 0. The highest BCUT2D eigenvalue weighted by atomic mass is 16.5. The van der Waals surface area contributed by atoms with Crippen LogP contribution < -0.4 is 19.5 Å². The maximum absolute atomic E-state index is 5.72. The average molecular weight is 428 g/mol. The van der Waals surface area contributed by atoms with Gasteiger partial charge in [-0.25, -0.2) is 0 Å². The molecule has 1 aliphatic heterocycles. The molecule has 6 heteroatoms. The Morgan fingerprint density at radius 2 is 1.55 bits per heavy atom. The molecule has 3 rings (SSSR count). The maximum Gasteiger partial charge on any atom is 0.164 e. The van der Waals surface area contributed by atoms with Crippen molar-refractivity contribution in [1.29, 1.82) is 0 Å². The normalized spacial score (nSPS) is 18.1.